The molecule has 0 saturated heterocycles. The third kappa shape index (κ3) is 1.34. The van der Waals surface area contributed by atoms with E-state index in [2.05, 4.69) is 24.9 Å². The first-order chi connectivity index (χ1) is 7.43. The molecule has 0 radical (unpaired) electrons. The van der Waals surface area contributed by atoms with Crippen LogP contribution in [0.2, 0.25) is 0 Å². The molecule has 1 aromatic carbocycles. The summed E-state index contributed by atoms with van der Waals surface area (Å²) in [5, 5.41) is 0. The van der Waals surface area contributed by atoms with Gasteiger partial charge in [0, 0.05) is 0 Å². The topological polar surface area (TPSA) is 67.3 Å². The van der Waals surface area contributed by atoms with Crippen LogP contribution in [0.4, 0.5) is 0 Å². The van der Waals surface area contributed by atoms with Gasteiger partial charge in [-0.3, -0.25) is 0 Å². The zero-order valence-corrected chi connectivity index (χ0v) is 7.75. The maximum atomic E-state index is 4.37. The Labute approximate surface area is 85.3 Å². The van der Waals surface area contributed by atoms with Gasteiger partial charge in [0.05, 0.1) is 11.0 Å². The van der Waals surface area contributed by atoms with E-state index in [1.165, 1.54) is 12.7 Å². The van der Waals surface area contributed by atoms with Crippen molar-refractivity contribution < 1.29 is 0 Å². The zero-order valence-electron chi connectivity index (χ0n) is 7.75. The van der Waals surface area contributed by atoms with Crippen molar-refractivity contribution in [3.05, 3.63) is 36.9 Å². The lowest BCUT2D eigenvalue weighted by Gasteiger charge is -1.90. The average molecular weight is 197 g/mol. The molecule has 0 atom stereocenters. The fraction of sp³-hybridized carbons (Fsp3) is 0. The number of hydrogen-bond donors (Lipinski definition) is 1. The Morgan fingerprint density at radius 1 is 1.00 bits per heavy atom. The van der Waals surface area contributed by atoms with Crippen LogP contribution in [0.15, 0.2) is 36.9 Å². The highest BCUT2D eigenvalue weighted by Crippen LogP contribution is 2.15. The van der Waals surface area contributed by atoms with Crippen LogP contribution < -0.4 is 0 Å². The van der Waals surface area contributed by atoms with Crippen molar-refractivity contribution in [2.75, 3.05) is 0 Å². The molecule has 0 aliphatic carbocycles. The minimum absolute atomic E-state index is 0.557. The molecule has 2 heterocycles. The molecule has 5 nitrogen and oxygen atoms in total. The van der Waals surface area contributed by atoms with Crippen LogP contribution in [0, 0.1) is 0 Å². The lowest BCUT2D eigenvalue weighted by atomic mass is 10.3. The second-order valence-corrected chi connectivity index (χ2v) is 3.06. The van der Waals surface area contributed by atoms with Crippen LogP contribution in [-0.4, -0.2) is 24.9 Å². The lowest BCUT2D eigenvalue weighted by Crippen LogP contribution is -1.90. The number of hydrogen-bond acceptors (Lipinski definition) is 4. The fourth-order valence-electron chi connectivity index (χ4n) is 1.42. The largest absolute Gasteiger partial charge is 0.335 e. The van der Waals surface area contributed by atoms with Crippen molar-refractivity contribution in [3.63, 3.8) is 0 Å². The van der Waals surface area contributed by atoms with E-state index in [0.717, 1.165) is 11.0 Å². The van der Waals surface area contributed by atoms with Gasteiger partial charge in [0.15, 0.2) is 11.6 Å². The van der Waals surface area contributed by atoms with Gasteiger partial charge in [0.2, 0.25) is 0 Å². The molecule has 0 fully saturated rings. The summed E-state index contributed by atoms with van der Waals surface area (Å²) in [5.41, 5.74) is 1.89. The van der Waals surface area contributed by atoms with E-state index in [-0.39, 0.29) is 0 Å². The summed E-state index contributed by atoms with van der Waals surface area (Å²) >= 11 is 0. The molecule has 72 valence electrons. The van der Waals surface area contributed by atoms with Crippen LogP contribution in [0.25, 0.3) is 22.7 Å². The van der Waals surface area contributed by atoms with E-state index in [9.17, 15) is 0 Å². The predicted molar refractivity (Wildman–Crippen MR) is 54.9 cm³/mol. The predicted octanol–water partition coefficient (Wildman–Crippen LogP) is 1.41. The van der Waals surface area contributed by atoms with Gasteiger partial charge in [-0.25, -0.2) is 19.9 Å². The molecular weight excluding hydrogens is 190 g/mol. The van der Waals surface area contributed by atoms with E-state index < -0.39 is 0 Å². The van der Waals surface area contributed by atoms with Gasteiger partial charge in [-0.2, -0.15) is 0 Å². The molecule has 15 heavy (non-hydrogen) atoms. The van der Waals surface area contributed by atoms with Gasteiger partial charge in [-0.05, 0) is 12.1 Å². The van der Waals surface area contributed by atoms with E-state index >= 15 is 0 Å². The second-order valence-electron chi connectivity index (χ2n) is 3.06. The van der Waals surface area contributed by atoms with E-state index in [1.54, 1.807) is 0 Å². The maximum absolute atomic E-state index is 4.37. The molecule has 3 aromatic rings. The minimum atomic E-state index is 0.557. The third-order valence-electron chi connectivity index (χ3n) is 2.09. The Kier molecular flexibility index (Phi) is 1.68. The summed E-state index contributed by atoms with van der Waals surface area (Å²) in [6.07, 6.45) is 2.91. The molecule has 1 N–H and O–H groups in total. The van der Waals surface area contributed by atoms with Gasteiger partial charge < -0.3 is 4.98 Å². The molecule has 0 spiro atoms. The minimum Gasteiger partial charge on any atom is -0.335 e. The fourth-order valence-corrected chi connectivity index (χ4v) is 1.42. The van der Waals surface area contributed by atoms with Gasteiger partial charge in [-0.1, -0.05) is 12.1 Å². The molecule has 2 aromatic heterocycles. The quantitative estimate of drug-likeness (QED) is 0.640. The number of nitrogens with zero attached hydrogens (tertiary/aromatic N) is 4. The Balaban J connectivity index is 2.21. The standard InChI is InChI=1S/C10H7N5/c1-2-4-8-7(3-1)14-10(15-8)9-12-5-11-6-13-9/h1-6H,(H,14,15). The second kappa shape index (κ2) is 3.13. The summed E-state index contributed by atoms with van der Waals surface area (Å²) in [7, 11) is 0. The Morgan fingerprint density at radius 2 is 1.80 bits per heavy atom. The number of aromatic amines is 1. The van der Waals surface area contributed by atoms with Gasteiger partial charge in [0.25, 0.3) is 0 Å². The van der Waals surface area contributed by atoms with E-state index in [1.807, 2.05) is 24.3 Å². The van der Waals surface area contributed by atoms with Crippen molar-refractivity contribution in [1.29, 1.82) is 0 Å². The van der Waals surface area contributed by atoms with Crippen LogP contribution in [0.1, 0.15) is 0 Å². The number of benzene rings is 1. The number of fused-ring (bicyclic) bond motifs is 1. The molecule has 0 unspecified atom stereocenters. The number of rotatable bonds is 1. The third-order valence-corrected chi connectivity index (χ3v) is 2.09. The van der Waals surface area contributed by atoms with Crippen molar-refractivity contribution >= 4 is 11.0 Å². The van der Waals surface area contributed by atoms with E-state index in [0.29, 0.717) is 11.6 Å². The lowest BCUT2D eigenvalue weighted by molar-refractivity contribution is 1.03. The number of aromatic nitrogens is 5. The molecule has 3 rings (SSSR count). The number of para-hydroxylation sites is 2. The number of H-pyrrole nitrogens is 1. The van der Waals surface area contributed by atoms with Crippen LogP contribution in [0.3, 0.4) is 0 Å². The molecule has 0 saturated carbocycles. The van der Waals surface area contributed by atoms with Gasteiger partial charge in [-0.15, -0.1) is 0 Å². The first kappa shape index (κ1) is 8.05. The smallest absolute Gasteiger partial charge is 0.198 e. The molecule has 0 amide bonds. The summed E-state index contributed by atoms with van der Waals surface area (Å²) < 4.78 is 0. The van der Waals surface area contributed by atoms with Crippen molar-refractivity contribution in [2.45, 2.75) is 0 Å². The average Bonchev–Trinajstić information content (AvgIpc) is 2.74. The molecule has 0 aliphatic heterocycles. The molecule has 0 aliphatic rings. The monoisotopic (exact) mass is 197 g/mol. The van der Waals surface area contributed by atoms with Crippen molar-refractivity contribution in [3.8, 4) is 11.6 Å². The summed E-state index contributed by atoms with van der Waals surface area (Å²) in [6.45, 7) is 0. The summed E-state index contributed by atoms with van der Waals surface area (Å²) in [6, 6.07) is 7.81. The maximum Gasteiger partial charge on any atom is 0.198 e. The highest BCUT2D eigenvalue weighted by atomic mass is 15.0. The summed E-state index contributed by atoms with van der Waals surface area (Å²) in [5.74, 6) is 1.22. The first-order valence-corrected chi connectivity index (χ1v) is 4.50. The highest BCUT2D eigenvalue weighted by Gasteiger charge is 2.05. The Hall–Kier alpha value is -2.30. The van der Waals surface area contributed by atoms with Crippen molar-refractivity contribution in [1.82, 2.24) is 24.9 Å². The molecule has 5 heteroatoms. The highest BCUT2D eigenvalue weighted by molar-refractivity contribution is 5.77. The SMILES string of the molecule is c1ccc2[nH]c(-c3ncncn3)nc2c1. The normalized spacial score (nSPS) is 10.7. The Morgan fingerprint density at radius 3 is 2.60 bits per heavy atom. The van der Waals surface area contributed by atoms with Crippen LogP contribution in [0.5, 0.6) is 0 Å². The Bertz CT molecular complexity index is 554. The number of imidazole rings is 1. The molecular formula is C10H7N5. The van der Waals surface area contributed by atoms with Crippen LogP contribution >= 0.6 is 0 Å². The molecule has 0 bridgehead atoms. The first-order valence-electron chi connectivity index (χ1n) is 4.50. The van der Waals surface area contributed by atoms with Gasteiger partial charge >= 0.3 is 0 Å². The van der Waals surface area contributed by atoms with Crippen LogP contribution in [-0.2, 0) is 0 Å². The van der Waals surface area contributed by atoms with Crippen molar-refractivity contribution in [2.24, 2.45) is 0 Å². The van der Waals surface area contributed by atoms with E-state index in [4.69, 9.17) is 0 Å². The van der Waals surface area contributed by atoms with Gasteiger partial charge in [0.1, 0.15) is 12.7 Å². The summed E-state index contributed by atoms with van der Waals surface area (Å²) in [4.78, 5) is 19.3. The zero-order chi connectivity index (χ0) is 10.1. The number of nitrogens with one attached hydrogen (secondary N) is 1.